The van der Waals surface area contributed by atoms with Crippen molar-refractivity contribution in [2.24, 2.45) is 0 Å². The summed E-state index contributed by atoms with van der Waals surface area (Å²) in [6, 6.07) is 21.1. The molecule has 2 heterocycles. The lowest BCUT2D eigenvalue weighted by molar-refractivity contribution is 0.0988. The van der Waals surface area contributed by atoms with Gasteiger partial charge in [0, 0.05) is 32.9 Å². The third kappa shape index (κ3) is 3.58. The number of carbonyl (C=O) groups excluding carboxylic acids is 1. The number of methoxy groups -OCH3 is 2. The van der Waals surface area contributed by atoms with Crippen molar-refractivity contribution in [2.75, 3.05) is 19.1 Å². The van der Waals surface area contributed by atoms with E-state index in [1.54, 1.807) is 19.1 Å². The van der Waals surface area contributed by atoms with Gasteiger partial charge in [0.2, 0.25) is 0 Å². The van der Waals surface area contributed by atoms with Crippen LogP contribution in [-0.2, 0) is 0 Å². The number of aryl methyl sites for hydroxylation is 1. The number of nitrogens with zero attached hydrogens (tertiary/aromatic N) is 2. The molecule has 1 aliphatic rings. The van der Waals surface area contributed by atoms with E-state index in [0.29, 0.717) is 17.2 Å². The number of fused-ring (bicyclic) bond motifs is 1. The lowest BCUT2D eigenvalue weighted by atomic mass is 9.95. The molecule has 0 bridgehead atoms. The number of aromatic nitrogens is 2. The molecule has 0 spiro atoms. The first-order valence-electron chi connectivity index (χ1n) is 10.5. The zero-order valence-corrected chi connectivity index (χ0v) is 20.0. The van der Waals surface area contributed by atoms with Crippen LogP contribution >= 0.6 is 15.9 Å². The predicted octanol–water partition coefficient (Wildman–Crippen LogP) is 5.91. The number of anilines is 1. The number of benzene rings is 3. The number of hydrogen-bond acceptors (Lipinski definition) is 4. The van der Waals surface area contributed by atoms with Crippen LogP contribution in [0.15, 0.2) is 71.2 Å². The van der Waals surface area contributed by atoms with Gasteiger partial charge in [-0.2, -0.15) is 5.10 Å². The Morgan fingerprint density at radius 1 is 0.970 bits per heavy atom. The molecule has 0 aliphatic carbocycles. The Morgan fingerprint density at radius 2 is 1.70 bits per heavy atom. The van der Waals surface area contributed by atoms with E-state index in [1.807, 2.05) is 73.7 Å². The second kappa shape index (κ2) is 8.41. The van der Waals surface area contributed by atoms with Crippen molar-refractivity contribution in [1.29, 1.82) is 0 Å². The summed E-state index contributed by atoms with van der Waals surface area (Å²) in [7, 11) is 3.24. The minimum absolute atomic E-state index is 0.132. The Balaban J connectivity index is 1.74. The maximum absolute atomic E-state index is 13.7. The minimum Gasteiger partial charge on any atom is -0.497 e. The number of nitrogens with one attached hydrogen (secondary N) is 1. The molecule has 0 saturated heterocycles. The molecule has 3 aromatic carbocycles. The van der Waals surface area contributed by atoms with Crippen molar-refractivity contribution in [3.8, 4) is 22.8 Å². The van der Waals surface area contributed by atoms with E-state index in [4.69, 9.17) is 9.47 Å². The Morgan fingerprint density at radius 3 is 2.36 bits per heavy atom. The number of amides is 1. The van der Waals surface area contributed by atoms with Gasteiger partial charge >= 0.3 is 0 Å². The third-order valence-electron chi connectivity index (χ3n) is 5.93. The van der Waals surface area contributed by atoms with Crippen molar-refractivity contribution in [2.45, 2.75) is 13.0 Å². The minimum atomic E-state index is -0.423. The van der Waals surface area contributed by atoms with E-state index in [-0.39, 0.29) is 5.91 Å². The molecule has 0 radical (unpaired) electrons. The van der Waals surface area contributed by atoms with E-state index in [9.17, 15) is 4.79 Å². The van der Waals surface area contributed by atoms with E-state index in [0.717, 1.165) is 38.1 Å². The van der Waals surface area contributed by atoms with Crippen LogP contribution in [-0.4, -0.2) is 30.3 Å². The summed E-state index contributed by atoms with van der Waals surface area (Å²) in [5.41, 5.74) is 5.75. The van der Waals surface area contributed by atoms with Gasteiger partial charge in [-0.05, 0) is 43.3 Å². The summed E-state index contributed by atoms with van der Waals surface area (Å²) in [6.45, 7) is 2.03. The second-order valence-electron chi connectivity index (χ2n) is 7.89. The Kier molecular flexibility index (Phi) is 5.42. The van der Waals surface area contributed by atoms with Gasteiger partial charge in [0.05, 0.1) is 26.0 Å². The van der Waals surface area contributed by atoms with Gasteiger partial charge in [0.1, 0.15) is 17.2 Å². The van der Waals surface area contributed by atoms with Gasteiger partial charge in [-0.25, -0.2) is 0 Å². The zero-order valence-electron chi connectivity index (χ0n) is 18.4. The van der Waals surface area contributed by atoms with Crippen LogP contribution in [0.2, 0.25) is 0 Å². The molecule has 5 rings (SSSR count). The first-order chi connectivity index (χ1) is 16.0. The molecule has 1 atom stereocenters. The van der Waals surface area contributed by atoms with Gasteiger partial charge < -0.3 is 9.47 Å². The van der Waals surface area contributed by atoms with Gasteiger partial charge in [-0.3, -0.25) is 14.8 Å². The fourth-order valence-electron chi connectivity index (χ4n) is 4.29. The molecule has 1 unspecified atom stereocenters. The Bertz CT molecular complexity index is 1330. The summed E-state index contributed by atoms with van der Waals surface area (Å²) in [4.78, 5) is 15.5. The summed E-state index contributed by atoms with van der Waals surface area (Å²) in [6.07, 6.45) is 0. The first-order valence-corrected chi connectivity index (χ1v) is 11.3. The van der Waals surface area contributed by atoms with Crippen LogP contribution in [0, 0.1) is 6.92 Å². The standard InChI is InChI=1S/C26H22BrN3O3/c1-15-4-10-18(11-5-15)30-25(20-13-12-19(32-2)14-21(20)33-3)22-23(28-29-24(22)26(30)31)16-6-8-17(27)9-7-16/h4-14,25H,1-3H3,(H,28,29). The van der Waals surface area contributed by atoms with Crippen molar-refractivity contribution in [3.63, 3.8) is 0 Å². The molecule has 4 aromatic rings. The summed E-state index contributed by atoms with van der Waals surface area (Å²) < 4.78 is 12.1. The fraction of sp³-hybridized carbons (Fsp3) is 0.154. The monoisotopic (exact) mass is 503 g/mol. The van der Waals surface area contributed by atoms with Crippen LogP contribution in [0.25, 0.3) is 11.3 Å². The fourth-order valence-corrected chi connectivity index (χ4v) is 4.55. The lowest BCUT2D eigenvalue weighted by Gasteiger charge is -2.28. The predicted molar refractivity (Wildman–Crippen MR) is 131 cm³/mol. The van der Waals surface area contributed by atoms with Crippen LogP contribution in [0.5, 0.6) is 11.5 Å². The van der Waals surface area contributed by atoms with Crippen molar-refractivity contribution in [3.05, 3.63) is 93.6 Å². The van der Waals surface area contributed by atoms with E-state index >= 15 is 0 Å². The Labute approximate surface area is 200 Å². The maximum atomic E-state index is 13.7. The van der Waals surface area contributed by atoms with Crippen LogP contribution < -0.4 is 14.4 Å². The molecule has 166 valence electrons. The average molecular weight is 504 g/mol. The van der Waals surface area contributed by atoms with Gasteiger partial charge in [-0.1, -0.05) is 45.8 Å². The van der Waals surface area contributed by atoms with Crippen molar-refractivity contribution < 1.29 is 14.3 Å². The summed E-state index contributed by atoms with van der Waals surface area (Å²) in [5.74, 6) is 1.19. The molecule has 0 saturated carbocycles. The second-order valence-corrected chi connectivity index (χ2v) is 8.80. The van der Waals surface area contributed by atoms with Crippen LogP contribution in [0.1, 0.15) is 33.2 Å². The number of aromatic amines is 1. The van der Waals surface area contributed by atoms with Gasteiger partial charge in [0.15, 0.2) is 0 Å². The number of rotatable bonds is 5. The first kappa shape index (κ1) is 21.3. The molecule has 7 heteroatoms. The summed E-state index contributed by atoms with van der Waals surface area (Å²) >= 11 is 3.49. The number of hydrogen-bond donors (Lipinski definition) is 1. The highest BCUT2D eigenvalue weighted by Crippen LogP contribution is 2.47. The molecule has 0 fully saturated rings. The molecule has 1 amide bonds. The Hall–Kier alpha value is -3.58. The smallest absolute Gasteiger partial charge is 0.277 e. The highest BCUT2D eigenvalue weighted by Gasteiger charge is 2.44. The molecular formula is C26H22BrN3O3. The largest absolute Gasteiger partial charge is 0.497 e. The normalized spacial score (nSPS) is 15.0. The average Bonchev–Trinajstić information content (AvgIpc) is 3.39. The number of carbonyl (C=O) groups is 1. The van der Waals surface area contributed by atoms with E-state index in [1.165, 1.54) is 0 Å². The number of H-pyrrole nitrogens is 1. The highest BCUT2D eigenvalue weighted by molar-refractivity contribution is 9.10. The maximum Gasteiger partial charge on any atom is 0.277 e. The van der Waals surface area contributed by atoms with Crippen molar-refractivity contribution in [1.82, 2.24) is 10.2 Å². The van der Waals surface area contributed by atoms with Crippen LogP contribution in [0.4, 0.5) is 5.69 Å². The molecule has 1 aliphatic heterocycles. The third-order valence-corrected chi connectivity index (χ3v) is 6.46. The number of halogens is 1. The quantitative estimate of drug-likeness (QED) is 0.367. The zero-order chi connectivity index (χ0) is 23.1. The molecular weight excluding hydrogens is 482 g/mol. The molecule has 6 nitrogen and oxygen atoms in total. The highest BCUT2D eigenvalue weighted by atomic mass is 79.9. The van der Waals surface area contributed by atoms with E-state index in [2.05, 4.69) is 26.1 Å². The topological polar surface area (TPSA) is 67.5 Å². The number of ether oxygens (including phenoxy) is 2. The van der Waals surface area contributed by atoms with Gasteiger partial charge in [0.25, 0.3) is 5.91 Å². The van der Waals surface area contributed by atoms with E-state index < -0.39 is 6.04 Å². The molecule has 1 N–H and O–H groups in total. The van der Waals surface area contributed by atoms with Gasteiger partial charge in [-0.15, -0.1) is 0 Å². The van der Waals surface area contributed by atoms with Crippen LogP contribution in [0.3, 0.4) is 0 Å². The van der Waals surface area contributed by atoms with Crippen molar-refractivity contribution >= 4 is 27.5 Å². The lowest BCUT2D eigenvalue weighted by Crippen LogP contribution is -2.29. The SMILES string of the molecule is COc1ccc(C2c3c(-c4ccc(Br)cc4)n[nH]c3C(=O)N2c2ccc(C)cc2)c(OC)c1. The molecule has 33 heavy (non-hydrogen) atoms. The summed E-state index contributed by atoms with van der Waals surface area (Å²) in [5, 5.41) is 7.54. The molecule has 1 aromatic heterocycles.